The molecule has 0 aliphatic carbocycles. The molecule has 1 heterocycles. The van der Waals surface area contributed by atoms with Gasteiger partial charge in [-0.1, -0.05) is 30.1 Å². The van der Waals surface area contributed by atoms with Crippen LogP contribution in [0.4, 0.5) is 0 Å². The van der Waals surface area contributed by atoms with Gasteiger partial charge in [-0.05, 0) is 25.6 Å². The van der Waals surface area contributed by atoms with Crippen LogP contribution in [0.15, 0.2) is 16.5 Å². The largest absolute Gasteiger partial charge is 0.458 e. The Labute approximate surface area is 105 Å². The lowest BCUT2D eigenvalue weighted by Gasteiger charge is -1.98. The Morgan fingerprint density at radius 3 is 2.69 bits per heavy atom. The fraction of sp³-hybridized carbons (Fsp3) is 0.333. The van der Waals surface area contributed by atoms with Gasteiger partial charge in [0.2, 0.25) is 0 Å². The Bertz CT molecular complexity index is 519. The summed E-state index contributed by atoms with van der Waals surface area (Å²) in [5, 5.41) is 5.17. The van der Waals surface area contributed by atoms with Gasteiger partial charge < -0.3 is 9.73 Å². The number of rotatable bonds is 3. The molecule has 0 saturated heterocycles. The molecule has 1 aromatic carbocycles. The first kappa shape index (κ1) is 11.8. The van der Waals surface area contributed by atoms with Crippen molar-refractivity contribution in [2.75, 3.05) is 7.05 Å². The molecule has 0 amide bonds. The van der Waals surface area contributed by atoms with Gasteiger partial charge in [-0.15, -0.1) is 0 Å². The molecule has 0 saturated carbocycles. The number of nitrogens with one attached hydrogen (secondary N) is 1. The third kappa shape index (κ3) is 1.81. The van der Waals surface area contributed by atoms with Gasteiger partial charge in [0.05, 0.1) is 11.6 Å². The van der Waals surface area contributed by atoms with Gasteiger partial charge in [0.25, 0.3) is 0 Å². The molecule has 16 heavy (non-hydrogen) atoms. The summed E-state index contributed by atoms with van der Waals surface area (Å²) in [7, 11) is 1.89. The standard InChI is InChI=1S/C12H13Cl2NO/c1-3-7-8-4-5-9(13)11(14)12(8)16-10(7)6-15-2/h4-5,15H,3,6H2,1-2H3. The second-order valence-electron chi connectivity index (χ2n) is 3.63. The van der Waals surface area contributed by atoms with E-state index in [4.69, 9.17) is 27.6 Å². The zero-order chi connectivity index (χ0) is 11.7. The second-order valence-corrected chi connectivity index (χ2v) is 4.41. The predicted octanol–water partition coefficient (Wildman–Crippen LogP) is 4.02. The first-order chi connectivity index (χ1) is 7.69. The molecule has 0 aliphatic rings. The zero-order valence-electron chi connectivity index (χ0n) is 9.23. The summed E-state index contributed by atoms with van der Waals surface area (Å²) in [6, 6.07) is 3.77. The average Bonchev–Trinajstić information content (AvgIpc) is 2.62. The van der Waals surface area contributed by atoms with Crippen LogP contribution in [-0.2, 0) is 13.0 Å². The molecule has 1 aromatic heterocycles. The van der Waals surface area contributed by atoms with Crippen molar-refractivity contribution >= 4 is 34.2 Å². The Morgan fingerprint density at radius 2 is 2.06 bits per heavy atom. The summed E-state index contributed by atoms with van der Waals surface area (Å²) in [6.07, 6.45) is 0.919. The van der Waals surface area contributed by atoms with Crippen molar-refractivity contribution in [2.24, 2.45) is 0 Å². The molecular formula is C12H13Cl2NO. The van der Waals surface area contributed by atoms with Gasteiger partial charge in [-0.3, -0.25) is 0 Å². The minimum atomic E-state index is 0.496. The predicted molar refractivity (Wildman–Crippen MR) is 68.4 cm³/mol. The normalized spacial score (nSPS) is 11.2. The lowest BCUT2D eigenvalue weighted by Crippen LogP contribution is -2.05. The zero-order valence-corrected chi connectivity index (χ0v) is 10.7. The van der Waals surface area contributed by atoms with Gasteiger partial charge in [0, 0.05) is 10.9 Å². The van der Waals surface area contributed by atoms with Crippen molar-refractivity contribution in [1.29, 1.82) is 0 Å². The van der Waals surface area contributed by atoms with Crippen molar-refractivity contribution < 1.29 is 4.42 Å². The van der Waals surface area contributed by atoms with Gasteiger partial charge in [-0.25, -0.2) is 0 Å². The minimum absolute atomic E-state index is 0.496. The van der Waals surface area contributed by atoms with Gasteiger partial charge >= 0.3 is 0 Å². The molecule has 4 heteroatoms. The van der Waals surface area contributed by atoms with E-state index in [-0.39, 0.29) is 0 Å². The minimum Gasteiger partial charge on any atom is -0.458 e. The Kier molecular flexibility index (Phi) is 3.43. The molecule has 0 radical (unpaired) electrons. The number of furan rings is 1. The van der Waals surface area contributed by atoms with E-state index in [1.165, 1.54) is 5.56 Å². The molecule has 0 atom stereocenters. The number of hydrogen-bond acceptors (Lipinski definition) is 2. The Hall–Kier alpha value is -0.700. The van der Waals surface area contributed by atoms with Crippen LogP contribution < -0.4 is 5.32 Å². The van der Waals surface area contributed by atoms with Crippen molar-refractivity contribution in [3.8, 4) is 0 Å². The summed E-state index contributed by atoms with van der Waals surface area (Å²) in [5.41, 5.74) is 1.89. The van der Waals surface area contributed by atoms with Crippen LogP contribution >= 0.6 is 23.2 Å². The number of benzene rings is 1. The molecule has 1 N–H and O–H groups in total. The SMILES string of the molecule is CCc1c(CNC)oc2c(Cl)c(Cl)ccc12. The molecule has 0 unspecified atom stereocenters. The van der Waals surface area contributed by atoms with E-state index >= 15 is 0 Å². The highest BCUT2D eigenvalue weighted by atomic mass is 35.5. The van der Waals surface area contributed by atoms with Gasteiger partial charge in [0.15, 0.2) is 5.58 Å². The topological polar surface area (TPSA) is 25.2 Å². The summed E-state index contributed by atoms with van der Waals surface area (Å²) in [4.78, 5) is 0. The summed E-state index contributed by atoms with van der Waals surface area (Å²) < 4.78 is 5.76. The summed E-state index contributed by atoms with van der Waals surface area (Å²) in [6.45, 7) is 2.80. The van der Waals surface area contributed by atoms with Crippen LogP contribution in [-0.4, -0.2) is 7.05 Å². The smallest absolute Gasteiger partial charge is 0.154 e. The van der Waals surface area contributed by atoms with E-state index in [0.29, 0.717) is 22.2 Å². The van der Waals surface area contributed by atoms with Crippen LogP contribution in [0.2, 0.25) is 10.0 Å². The lowest BCUT2D eigenvalue weighted by atomic mass is 10.1. The maximum atomic E-state index is 6.12. The quantitative estimate of drug-likeness (QED) is 0.899. The van der Waals surface area contributed by atoms with E-state index in [0.717, 1.165) is 17.6 Å². The fourth-order valence-corrected chi connectivity index (χ4v) is 2.25. The Balaban J connectivity index is 2.71. The van der Waals surface area contributed by atoms with Crippen molar-refractivity contribution in [3.63, 3.8) is 0 Å². The molecular weight excluding hydrogens is 245 g/mol. The first-order valence-corrected chi connectivity index (χ1v) is 5.97. The summed E-state index contributed by atoms with van der Waals surface area (Å²) in [5.74, 6) is 0.934. The highest BCUT2D eigenvalue weighted by Crippen LogP contribution is 2.35. The van der Waals surface area contributed by atoms with Gasteiger partial charge in [0.1, 0.15) is 10.8 Å². The number of fused-ring (bicyclic) bond motifs is 1. The van der Waals surface area contributed by atoms with Crippen molar-refractivity contribution in [3.05, 3.63) is 33.5 Å². The van der Waals surface area contributed by atoms with Gasteiger partial charge in [-0.2, -0.15) is 0 Å². The number of halogens is 2. The van der Waals surface area contributed by atoms with Crippen LogP contribution in [0.5, 0.6) is 0 Å². The lowest BCUT2D eigenvalue weighted by molar-refractivity contribution is 0.525. The molecule has 86 valence electrons. The fourth-order valence-electron chi connectivity index (χ4n) is 1.90. The van der Waals surface area contributed by atoms with Crippen LogP contribution in [0, 0.1) is 0 Å². The van der Waals surface area contributed by atoms with E-state index in [1.54, 1.807) is 0 Å². The van der Waals surface area contributed by atoms with Crippen molar-refractivity contribution in [1.82, 2.24) is 5.32 Å². The number of aryl methyl sites for hydroxylation is 1. The molecule has 0 fully saturated rings. The molecule has 0 spiro atoms. The van der Waals surface area contributed by atoms with Crippen LogP contribution in [0.1, 0.15) is 18.2 Å². The molecule has 0 aliphatic heterocycles. The summed E-state index contributed by atoms with van der Waals surface area (Å²) >= 11 is 12.1. The molecule has 2 nitrogen and oxygen atoms in total. The first-order valence-electron chi connectivity index (χ1n) is 5.21. The third-order valence-electron chi connectivity index (χ3n) is 2.63. The maximum absolute atomic E-state index is 6.12. The Morgan fingerprint density at radius 1 is 1.31 bits per heavy atom. The number of hydrogen-bond donors (Lipinski definition) is 1. The molecule has 2 aromatic rings. The maximum Gasteiger partial charge on any atom is 0.154 e. The molecule has 0 bridgehead atoms. The van der Waals surface area contributed by atoms with Crippen molar-refractivity contribution in [2.45, 2.75) is 19.9 Å². The van der Waals surface area contributed by atoms with Crippen LogP contribution in [0.25, 0.3) is 11.0 Å². The highest BCUT2D eigenvalue weighted by Gasteiger charge is 2.15. The molecule has 2 rings (SSSR count). The highest BCUT2D eigenvalue weighted by molar-refractivity contribution is 6.44. The average molecular weight is 258 g/mol. The van der Waals surface area contributed by atoms with Crippen LogP contribution in [0.3, 0.4) is 0 Å². The van der Waals surface area contributed by atoms with E-state index in [9.17, 15) is 0 Å². The monoisotopic (exact) mass is 257 g/mol. The second kappa shape index (κ2) is 4.66. The van der Waals surface area contributed by atoms with E-state index < -0.39 is 0 Å². The van der Waals surface area contributed by atoms with E-state index in [1.807, 2.05) is 19.2 Å². The third-order valence-corrected chi connectivity index (χ3v) is 3.41. The van der Waals surface area contributed by atoms with E-state index in [2.05, 4.69) is 12.2 Å².